The Kier molecular flexibility index (Phi) is 6.08. The summed E-state index contributed by atoms with van der Waals surface area (Å²) in [6.07, 6.45) is 0.726. The van der Waals surface area contributed by atoms with Crippen LogP contribution in [0.25, 0.3) is 0 Å². The van der Waals surface area contributed by atoms with E-state index in [1.807, 2.05) is 19.1 Å². The number of carbonyl (C=O) groups is 1. The summed E-state index contributed by atoms with van der Waals surface area (Å²) in [7, 11) is 0.525. The number of hydrogen-bond acceptors (Lipinski definition) is 3. The van der Waals surface area contributed by atoms with Crippen molar-refractivity contribution in [2.24, 2.45) is 0 Å². The van der Waals surface area contributed by atoms with Crippen LogP contribution in [0.2, 0.25) is 0 Å². The van der Waals surface area contributed by atoms with Gasteiger partial charge >= 0.3 is 0 Å². The minimum absolute atomic E-state index is 0.0549. The summed E-state index contributed by atoms with van der Waals surface area (Å²) in [5.41, 5.74) is 1.75. The molecule has 3 nitrogen and oxygen atoms in total. The van der Waals surface area contributed by atoms with Gasteiger partial charge in [0.05, 0.1) is 5.75 Å². The second-order valence-corrected chi connectivity index (χ2v) is 5.50. The first kappa shape index (κ1) is 14.1. The first-order valence-corrected chi connectivity index (χ1v) is 7.06. The van der Waals surface area contributed by atoms with Gasteiger partial charge in [0, 0.05) is 35.8 Å². The molecule has 1 rings (SSSR count). The zero-order chi connectivity index (χ0) is 12.7. The molecule has 0 aromatic heterocycles. The lowest BCUT2D eigenvalue weighted by Crippen LogP contribution is -2.14. The molecule has 0 radical (unpaired) electrons. The van der Waals surface area contributed by atoms with Crippen molar-refractivity contribution in [3.05, 3.63) is 35.4 Å². The predicted molar refractivity (Wildman–Crippen MR) is 69.9 cm³/mol. The van der Waals surface area contributed by atoms with Crippen molar-refractivity contribution >= 4 is 16.6 Å². The summed E-state index contributed by atoms with van der Waals surface area (Å²) in [6.45, 7) is 2.56. The van der Waals surface area contributed by atoms with Crippen molar-refractivity contribution in [3.63, 3.8) is 0 Å². The molecular formula is C13H18O3S. The Morgan fingerprint density at radius 3 is 2.53 bits per heavy atom. The number of hydrogen-bond donors (Lipinski definition) is 0. The van der Waals surface area contributed by atoms with E-state index < -0.39 is 10.8 Å². The molecule has 1 aromatic rings. The lowest BCUT2D eigenvalue weighted by atomic mass is 10.1. The highest BCUT2D eigenvalue weighted by atomic mass is 32.2. The van der Waals surface area contributed by atoms with Crippen LogP contribution in [0.3, 0.4) is 0 Å². The van der Waals surface area contributed by atoms with Crippen LogP contribution in [0.15, 0.2) is 24.3 Å². The summed E-state index contributed by atoms with van der Waals surface area (Å²) in [5.74, 6) is 0.568. The molecule has 0 saturated heterocycles. The van der Waals surface area contributed by atoms with E-state index in [2.05, 4.69) is 0 Å². The van der Waals surface area contributed by atoms with Gasteiger partial charge in [-0.05, 0) is 13.3 Å². The molecule has 0 aliphatic heterocycles. The van der Waals surface area contributed by atoms with Gasteiger partial charge in [-0.1, -0.05) is 29.8 Å². The van der Waals surface area contributed by atoms with Crippen LogP contribution in [0.4, 0.5) is 0 Å². The van der Waals surface area contributed by atoms with Crippen LogP contribution >= 0.6 is 0 Å². The van der Waals surface area contributed by atoms with Crippen molar-refractivity contribution in [2.45, 2.75) is 13.3 Å². The van der Waals surface area contributed by atoms with Crippen LogP contribution in [0.1, 0.15) is 22.3 Å². The van der Waals surface area contributed by atoms with E-state index in [9.17, 15) is 9.00 Å². The number of ketones is 1. The zero-order valence-electron chi connectivity index (χ0n) is 10.3. The lowest BCUT2D eigenvalue weighted by molar-refractivity contribution is 0.102. The number of ether oxygens (including phenoxy) is 1. The van der Waals surface area contributed by atoms with Crippen LogP contribution < -0.4 is 0 Å². The topological polar surface area (TPSA) is 43.4 Å². The summed E-state index contributed by atoms with van der Waals surface area (Å²) in [5, 5.41) is 0. The van der Waals surface area contributed by atoms with Gasteiger partial charge < -0.3 is 4.74 Å². The van der Waals surface area contributed by atoms with E-state index in [1.165, 1.54) is 0 Å². The Bertz CT molecular complexity index is 384. The molecule has 0 aliphatic carbocycles. The molecule has 1 atom stereocenters. The number of methoxy groups -OCH3 is 1. The van der Waals surface area contributed by atoms with Gasteiger partial charge in [-0.3, -0.25) is 9.00 Å². The van der Waals surface area contributed by atoms with Gasteiger partial charge in [0.1, 0.15) is 0 Å². The Morgan fingerprint density at radius 2 is 1.94 bits per heavy atom. The van der Waals surface area contributed by atoms with Crippen LogP contribution in [0.5, 0.6) is 0 Å². The van der Waals surface area contributed by atoms with Gasteiger partial charge in [-0.2, -0.15) is 0 Å². The minimum Gasteiger partial charge on any atom is -0.385 e. The van der Waals surface area contributed by atoms with E-state index in [0.29, 0.717) is 17.9 Å². The number of rotatable bonds is 7. The summed E-state index contributed by atoms with van der Waals surface area (Å²) in [6, 6.07) is 7.34. The Balaban J connectivity index is 2.43. The van der Waals surface area contributed by atoms with Gasteiger partial charge in [0.25, 0.3) is 0 Å². The molecule has 0 heterocycles. The second kappa shape index (κ2) is 7.35. The highest BCUT2D eigenvalue weighted by Gasteiger charge is 2.10. The molecule has 0 aliphatic rings. The predicted octanol–water partition coefficient (Wildman–Crippen LogP) is 1.96. The first-order chi connectivity index (χ1) is 8.13. The molecular weight excluding hydrogens is 236 g/mol. The highest BCUT2D eigenvalue weighted by molar-refractivity contribution is 7.85. The van der Waals surface area contributed by atoms with E-state index in [4.69, 9.17) is 4.74 Å². The van der Waals surface area contributed by atoms with Gasteiger partial charge in [0.2, 0.25) is 0 Å². The van der Waals surface area contributed by atoms with Crippen LogP contribution in [-0.2, 0) is 15.5 Å². The Hall–Kier alpha value is -1.00. The molecule has 0 bridgehead atoms. The maximum absolute atomic E-state index is 11.8. The fourth-order valence-corrected chi connectivity index (χ4v) is 2.45. The third-order valence-electron chi connectivity index (χ3n) is 2.39. The van der Waals surface area contributed by atoms with Crippen molar-refractivity contribution in [3.8, 4) is 0 Å². The summed E-state index contributed by atoms with van der Waals surface area (Å²) < 4.78 is 16.5. The Labute approximate surface area is 105 Å². The number of Topliss-reactive ketones (excluding diaryl/α,β-unsaturated/α-hetero) is 1. The van der Waals surface area contributed by atoms with E-state index in [0.717, 1.165) is 12.0 Å². The largest absolute Gasteiger partial charge is 0.385 e. The van der Waals surface area contributed by atoms with Gasteiger partial charge in [0.15, 0.2) is 5.78 Å². The molecule has 94 valence electrons. The number of benzene rings is 1. The molecule has 17 heavy (non-hydrogen) atoms. The number of aryl methyl sites for hydroxylation is 1. The second-order valence-electron chi connectivity index (χ2n) is 3.92. The first-order valence-electron chi connectivity index (χ1n) is 5.57. The monoisotopic (exact) mass is 254 g/mol. The van der Waals surface area contributed by atoms with E-state index in [1.54, 1.807) is 19.2 Å². The average Bonchev–Trinajstić information content (AvgIpc) is 2.30. The van der Waals surface area contributed by atoms with Crippen LogP contribution in [-0.4, -0.2) is 35.2 Å². The van der Waals surface area contributed by atoms with Crippen molar-refractivity contribution in [1.82, 2.24) is 0 Å². The smallest absolute Gasteiger partial charge is 0.175 e. The average molecular weight is 254 g/mol. The van der Waals surface area contributed by atoms with Gasteiger partial charge in [-0.25, -0.2) is 0 Å². The van der Waals surface area contributed by atoms with E-state index >= 15 is 0 Å². The molecule has 4 heteroatoms. The molecule has 0 spiro atoms. The minimum atomic E-state index is -1.09. The molecule has 1 unspecified atom stereocenters. The fourth-order valence-electron chi connectivity index (χ4n) is 1.41. The normalized spacial score (nSPS) is 12.4. The quantitative estimate of drug-likeness (QED) is 0.552. The Morgan fingerprint density at radius 1 is 1.29 bits per heavy atom. The van der Waals surface area contributed by atoms with E-state index in [-0.39, 0.29) is 11.5 Å². The standard InChI is InChI=1S/C13H18O3S/c1-11-4-6-12(7-5-11)13(14)10-17(15)9-3-8-16-2/h4-7H,3,8-10H2,1-2H3. The zero-order valence-corrected chi connectivity index (χ0v) is 11.1. The molecule has 0 fully saturated rings. The van der Waals surface area contributed by atoms with Gasteiger partial charge in [-0.15, -0.1) is 0 Å². The number of carbonyl (C=O) groups excluding carboxylic acids is 1. The SMILES string of the molecule is COCCCS(=O)CC(=O)c1ccc(C)cc1. The van der Waals surface area contributed by atoms with Crippen molar-refractivity contribution < 1.29 is 13.7 Å². The molecule has 0 N–H and O–H groups in total. The summed E-state index contributed by atoms with van der Waals surface area (Å²) >= 11 is 0. The summed E-state index contributed by atoms with van der Waals surface area (Å²) in [4.78, 5) is 11.8. The third-order valence-corrected chi connectivity index (χ3v) is 3.71. The van der Waals surface area contributed by atoms with Crippen LogP contribution in [0, 0.1) is 6.92 Å². The fraction of sp³-hybridized carbons (Fsp3) is 0.462. The third kappa shape index (κ3) is 5.24. The van der Waals surface area contributed by atoms with Crippen molar-refractivity contribution in [1.29, 1.82) is 0 Å². The molecule has 0 saturated carbocycles. The highest BCUT2D eigenvalue weighted by Crippen LogP contribution is 2.05. The molecule has 1 aromatic carbocycles. The maximum atomic E-state index is 11.8. The van der Waals surface area contributed by atoms with Crippen molar-refractivity contribution in [2.75, 3.05) is 25.2 Å². The molecule has 0 amide bonds. The maximum Gasteiger partial charge on any atom is 0.175 e. The lowest BCUT2D eigenvalue weighted by Gasteiger charge is -2.02.